The summed E-state index contributed by atoms with van der Waals surface area (Å²) < 4.78 is 10.9. The number of piperidine rings is 1. The third kappa shape index (κ3) is 4.49. The van der Waals surface area contributed by atoms with Gasteiger partial charge in [0.05, 0.1) is 12.5 Å². The fraction of sp³-hybridized carbons (Fsp3) is 0.579. The molecule has 0 spiro atoms. The number of aryl methyl sites for hydroxylation is 2. The van der Waals surface area contributed by atoms with Crippen molar-refractivity contribution in [2.45, 2.75) is 46.6 Å². The van der Waals surface area contributed by atoms with E-state index in [1.54, 1.807) is 11.8 Å². The van der Waals surface area contributed by atoms with Gasteiger partial charge < -0.3 is 14.4 Å². The summed E-state index contributed by atoms with van der Waals surface area (Å²) in [5, 5.41) is 0. The van der Waals surface area contributed by atoms with Crippen LogP contribution in [0, 0.1) is 19.8 Å². The Kier molecular flexibility index (Phi) is 6.23. The highest BCUT2D eigenvalue weighted by atomic mass is 16.5. The van der Waals surface area contributed by atoms with Crippen LogP contribution in [0.25, 0.3) is 0 Å². The van der Waals surface area contributed by atoms with Crippen LogP contribution >= 0.6 is 0 Å². The van der Waals surface area contributed by atoms with E-state index in [0.29, 0.717) is 38.3 Å². The Morgan fingerprint density at radius 2 is 1.88 bits per heavy atom. The molecule has 5 nitrogen and oxygen atoms in total. The number of benzene rings is 1. The first-order valence-corrected chi connectivity index (χ1v) is 8.61. The number of rotatable bonds is 5. The molecule has 24 heavy (non-hydrogen) atoms. The summed E-state index contributed by atoms with van der Waals surface area (Å²) in [6.45, 7) is 9.19. The highest BCUT2D eigenvalue weighted by Crippen LogP contribution is 2.21. The molecular weight excluding hydrogens is 306 g/mol. The summed E-state index contributed by atoms with van der Waals surface area (Å²) in [6.07, 6.45) is 0.772. The minimum atomic E-state index is -0.536. The van der Waals surface area contributed by atoms with E-state index in [-0.39, 0.29) is 17.8 Å². The van der Waals surface area contributed by atoms with Crippen LogP contribution in [0.2, 0.25) is 0 Å². The maximum absolute atomic E-state index is 12.5. The van der Waals surface area contributed by atoms with Crippen molar-refractivity contribution in [2.24, 2.45) is 5.92 Å². The van der Waals surface area contributed by atoms with Crippen molar-refractivity contribution in [1.29, 1.82) is 0 Å². The van der Waals surface area contributed by atoms with Crippen LogP contribution in [-0.2, 0) is 14.3 Å². The number of hydrogen-bond acceptors (Lipinski definition) is 4. The number of carbonyl (C=O) groups excluding carboxylic acids is 2. The second kappa shape index (κ2) is 8.18. The molecule has 0 aliphatic carbocycles. The topological polar surface area (TPSA) is 55.8 Å². The Morgan fingerprint density at radius 1 is 1.21 bits per heavy atom. The van der Waals surface area contributed by atoms with E-state index in [4.69, 9.17) is 9.47 Å². The van der Waals surface area contributed by atoms with Crippen molar-refractivity contribution in [3.05, 3.63) is 29.3 Å². The summed E-state index contributed by atoms with van der Waals surface area (Å²) in [5.41, 5.74) is 2.34. The molecule has 0 saturated carbocycles. The van der Waals surface area contributed by atoms with Gasteiger partial charge in [0, 0.05) is 13.1 Å². The van der Waals surface area contributed by atoms with Crippen LogP contribution in [0.5, 0.6) is 5.75 Å². The lowest BCUT2D eigenvalue weighted by Crippen LogP contribution is -2.45. The molecule has 5 heteroatoms. The van der Waals surface area contributed by atoms with Crippen molar-refractivity contribution in [2.75, 3.05) is 19.7 Å². The molecule has 1 heterocycles. The van der Waals surface area contributed by atoms with Gasteiger partial charge >= 0.3 is 5.97 Å². The molecule has 2 rings (SSSR count). The first-order valence-electron chi connectivity index (χ1n) is 8.61. The normalized spacial score (nSPS) is 16.6. The van der Waals surface area contributed by atoms with E-state index in [1.165, 1.54) is 5.56 Å². The predicted molar refractivity (Wildman–Crippen MR) is 91.9 cm³/mol. The Hall–Kier alpha value is -2.04. The van der Waals surface area contributed by atoms with Gasteiger partial charge in [-0.15, -0.1) is 0 Å². The molecule has 0 bridgehead atoms. The van der Waals surface area contributed by atoms with Crippen molar-refractivity contribution in [1.82, 2.24) is 4.90 Å². The molecule has 132 valence electrons. The summed E-state index contributed by atoms with van der Waals surface area (Å²) in [4.78, 5) is 26.1. The molecular formula is C19H27NO4. The van der Waals surface area contributed by atoms with Gasteiger partial charge in [0.1, 0.15) is 5.75 Å². The highest BCUT2D eigenvalue weighted by molar-refractivity contribution is 5.81. The van der Waals surface area contributed by atoms with E-state index < -0.39 is 6.10 Å². The average Bonchev–Trinajstić information content (AvgIpc) is 2.58. The molecule has 1 atom stereocenters. The standard InChI is InChI=1S/C19H27NO4/c1-5-23-19(22)16-8-10-20(11-9-16)18(21)15(4)24-17-7-6-13(2)14(3)12-17/h6-7,12,15-16H,5,8-11H2,1-4H3/t15-/m1/s1. The number of carbonyl (C=O) groups is 2. The van der Waals surface area contributed by atoms with E-state index in [9.17, 15) is 9.59 Å². The van der Waals surface area contributed by atoms with Gasteiger partial charge in [-0.3, -0.25) is 9.59 Å². The monoisotopic (exact) mass is 333 g/mol. The quantitative estimate of drug-likeness (QED) is 0.778. The van der Waals surface area contributed by atoms with Gasteiger partial charge in [-0.25, -0.2) is 0 Å². The van der Waals surface area contributed by atoms with Gasteiger partial charge in [-0.1, -0.05) is 6.07 Å². The molecule has 1 fully saturated rings. The summed E-state index contributed by atoms with van der Waals surface area (Å²) >= 11 is 0. The SMILES string of the molecule is CCOC(=O)C1CCN(C(=O)[C@@H](C)Oc2ccc(C)c(C)c2)CC1. The van der Waals surface area contributed by atoms with E-state index in [1.807, 2.05) is 39.0 Å². The zero-order valence-electron chi connectivity index (χ0n) is 15.0. The summed E-state index contributed by atoms with van der Waals surface area (Å²) in [7, 11) is 0. The smallest absolute Gasteiger partial charge is 0.309 e. The number of amides is 1. The largest absolute Gasteiger partial charge is 0.481 e. The second-order valence-corrected chi connectivity index (χ2v) is 6.36. The predicted octanol–water partition coefficient (Wildman–Crippen LogP) is 2.87. The number of nitrogens with zero attached hydrogens (tertiary/aromatic N) is 1. The molecule has 0 N–H and O–H groups in total. The van der Waals surface area contributed by atoms with Crippen LogP contribution in [-0.4, -0.2) is 42.6 Å². The van der Waals surface area contributed by atoms with Gasteiger partial charge in [0.25, 0.3) is 5.91 Å². The fourth-order valence-corrected chi connectivity index (χ4v) is 2.89. The Labute approximate surface area is 143 Å². The summed E-state index contributed by atoms with van der Waals surface area (Å²) in [6, 6.07) is 5.83. The van der Waals surface area contributed by atoms with Gasteiger partial charge in [0.15, 0.2) is 6.10 Å². The molecule has 1 aromatic rings. The van der Waals surface area contributed by atoms with Crippen LogP contribution < -0.4 is 4.74 Å². The minimum Gasteiger partial charge on any atom is -0.481 e. The fourth-order valence-electron chi connectivity index (χ4n) is 2.89. The van der Waals surface area contributed by atoms with Crippen LogP contribution in [0.15, 0.2) is 18.2 Å². The Morgan fingerprint density at radius 3 is 2.46 bits per heavy atom. The van der Waals surface area contributed by atoms with Crippen LogP contribution in [0.4, 0.5) is 0 Å². The maximum atomic E-state index is 12.5. The number of hydrogen-bond donors (Lipinski definition) is 0. The molecule has 0 radical (unpaired) electrons. The number of esters is 1. The van der Waals surface area contributed by atoms with Gasteiger partial charge in [-0.05, 0) is 63.8 Å². The van der Waals surface area contributed by atoms with Gasteiger partial charge in [-0.2, -0.15) is 0 Å². The first-order chi connectivity index (χ1) is 11.4. The van der Waals surface area contributed by atoms with Crippen molar-refractivity contribution in [3.63, 3.8) is 0 Å². The van der Waals surface area contributed by atoms with E-state index in [2.05, 4.69) is 0 Å². The molecule has 0 unspecified atom stereocenters. The first kappa shape index (κ1) is 18.3. The lowest BCUT2D eigenvalue weighted by molar-refractivity contribution is -0.152. The lowest BCUT2D eigenvalue weighted by atomic mass is 9.97. The number of likely N-dealkylation sites (tertiary alicyclic amines) is 1. The Balaban J connectivity index is 1.87. The Bertz CT molecular complexity index is 591. The van der Waals surface area contributed by atoms with E-state index >= 15 is 0 Å². The third-order valence-corrected chi connectivity index (χ3v) is 4.57. The average molecular weight is 333 g/mol. The zero-order chi connectivity index (χ0) is 17.7. The van der Waals surface area contributed by atoms with Gasteiger partial charge in [0.2, 0.25) is 0 Å². The molecule has 1 aliphatic heterocycles. The zero-order valence-corrected chi connectivity index (χ0v) is 15.0. The lowest BCUT2D eigenvalue weighted by Gasteiger charge is -2.32. The van der Waals surface area contributed by atoms with Crippen molar-refractivity contribution >= 4 is 11.9 Å². The molecule has 1 amide bonds. The van der Waals surface area contributed by atoms with Crippen LogP contribution in [0.3, 0.4) is 0 Å². The number of ether oxygens (including phenoxy) is 2. The molecule has 1 aliphatic rings. The van der Waals surface area contributed by atoms with E-state index in [0.717, 1.165) is 5.56 Å². The molecule has 0 aromatic heterocycles. The molecule has 1 aromatic carbocycles. The second-order valence-electron chi connectivity index (χ2n) is 6.36. The summed E-state index contributed by atoms with van der Waals surface area (Å²) in [5.74, 6) is 0.435. The van der Waals surface area contributed by atoms with Crippen LogP contribution in [0.1, 0.15) is 37.8 Å². The highest BCUT2D eigenvalue weighted by Gasteiger charge is 2.30. The minimum absolute atomic E-state index is 0.0319. The van der Waals surface area contributed by atoms with Crippen molar-refractivity contribution < 1.29 is 19.1 Å². The maximum Gasteiger partial charge on any atom is 0.309 e. The van der Waals surface area contributed by atoms with Crippen molar-refractivity contribution in [3.8, 4) is 5.75 Å². The molecule has 1 saturated heterocycles. The third-order valence-electron chi connectivity index (χ3n) is 4.57.